The summed E-state index contributed by atoms with van der Waals surface area (Å²) in [6.07, 6.45) is 7.52. The van der Waals surface area contributed by atoms with Crippen molar-refractivity contribution in [1.82, 2.24) is 0 Å². The molecular formula is C24H26O7. The van der Waals surface area contributed by atoms with Crippen molar-refractivity contribution in [3.63, 3.8) is 0 Å². The van der Waals surface area contributed by atoms with E-state index >= 15 is 0 Å². The van der Waals surface area contributed by atoms with Crippen LogP contribution in [0.4, 0.5) is 0 Å². The molecule has 0 fully saturated rings. The fourth-order valence-corrected chi connectivity index (χ4v) is 2.64. The van der Waals surface area contributed by atoms with E-state index < -0.39 is 11.9 Å². The lowest BCUT2D eigenvalue weighted by Gasteiger charge is -2.16. The van der Waals surface area contributed by atoms with Gasteiger partial charge in [-0.1, -0.05) is 36.4 Å². The zero-order chi connectivity index (χ0) is 22.6. The SMILES string of the molecule is C/C=C/c1ccc(Oc2cc(/C=C/C)cc(OC(=O)COC)c2OC(=O)COC)cc1. The summed E-state index contributed by atoms with van der Waals surface area (Å²) in [4.78, 5) is 24.2. The summed E-state index contributed by atoms with van der Waals surface area (Å²) in [7, 11) is 2.75. The number of allylic oxidation sites excluding steroid dienone is 2. The van der Waals surface area contributed by atoms with Crippen LogP contribution < -0.4 is 14.2 Å². The maximum Gasteiger partial charge on any atom is 0.337 e. The third kappa shape index (κ3) is 7.40. The molecule has 7 heteroatoms. The van der Waals surface area contributed by atoms with Crippen molar-refractivity contribution in [2.75, 3.05) is 27.4 Å². The summed E-state index contributed by atoms with van der Waals surface area (Å²) in [5.74, 6) is -0.590. The summed E-state index contributed by atoms with van der Waals surface area (Å²) in [6, 6.07) is 10.6. The maximum absolute atomic E-state index is 12.1. The van der Waals surface area contributed by atoms with E-state index in [1.165, 1.54) is 14.2 Å². The standard InChI is InChI=1S/C24H26O7/c1-5-7-17-9-11-19(12-10-17)29-20-13-18(8-6-2)14-21(30-22(25)15-27-3)24(20)31-23(26)16-28-4/h5-14H,15-16H2,1-4H3/b7-5+,8-6+. The lowest BCUT2D eigenvalue weighted by Crippen LogP contribution is -2.18. The topological polar surface area (TPSA) is 80.3 Å². The number of methoxy groups -OCH3 is 2. The first-order valence-corrected chi connectivity index (χ1v) is 9.61. The Bertz CT molecular complexity index is 943. The summed E-state index contributed by atoms with van der Waals surface area (Å²) >= 11 is 0. The predicted molar refractivity (Wildman–Crippen MR) is 117 cm³/mol. The molecule has 0 atom stereocenters. The molecule has 0 aromatic heterocycles. The van der Waals surface area contributed by atoms with Crippen LogP contribution in [-0.4, -0.2) is 39.4 Å². The summed E-state index contributed by atoms with van der Waals surface area (Å²) < 4.78 is 26.4. The number of benzene rings is 2. The van der Waals surface area contributed by atoms with Crippen molar-refractivity contribution in [2.45, 2.75) is 13.8 Å². The smallest absolute Gasteiger partial charge is 0.337 e. The highest BCUT2D eigenvalue weighted by molar-refractivity contribution is 5.79. The Hall–Kier alpha value is -3.42. The lowest BCUT2D eigenvalue weighted by molar-refractivity contribution is -0.141. The van der Waals surface area contributed by atoms with E-state index in [1.54, 1.807) is 30.3 Å². The number of ether oxygens (including phenoxy) is 5. The molecule has 0 saturated heterocycles. The van der Waals surface area contributed by atoms with Gasteiger partial charge in [-0.25, -0.2) is 9.59 Å². The van der Waals surface area contributed by atoms with Crippen molar-refractivity contribution in [1.29, 1.82) is 0 Å². The van der Waals surface area contributed by atoms with Crippen LogP contribution in [0.15, 0.2) is 48.6 Å². The Morgan fingerprint density at radius 3 is 1.90 bits per heavy atom. The van der Waals surface area contributed by atoms with Crippen LogP contribution in [0.1, 0.15) is 25.0 Å². The van der Waals surface area contributed by atoms with Crippen LogP contribution in [0.25, 0.3) is 12.2 Å². The predicted octanol–water partition coefficient (Wildman–Crippen LogP) is 4.65. The first-order chi connectivity index (χ1) is 15.0. The van der Waals surface area contributed by atoms with Gasteiger partial charge in [-0.05, 0) is 49.2 Å². The molecule has 7 nitrogen and oxygen atoms in total. The van der Waals surface area contributed by atoms with Crippen molar-refractivity contribution < 1.29 is 33.3 Å². The molecule has 0 radical (unpaired) electrons. The third-order valence-electron chi connectivity index (χ3n) is 3.83. The van der Waals surface area contributed by atoms with Gasteiger partial charge in [0.05, 0.1) is 0 Å². The fraction of sp³-hybridized carbons (Fsp3) is 0.250. The van der Waals surface area contributed by atoms with E-state index in [0.717, 1.165) is 5.56 Å². The lowest BCUT2D eigenvalue weighted by atomic mass is 10.1. The van der Waals surface area contributed by atoms with E-state index in [9.17, 15) is 9.59 Å². The van der Waals surface area contributed by atoms with Crippen LogP contribution in [0.2, 0.25) is 0 Å². The molecular weight excluding hydrogens is 400 g/mol. The molecule has 0 spiro atoms. The third-order valence-corrected chi connectivity index (χ3v) is 3.83. The van der Waals surface area contributed by atoms with Gasteiger partial charge in [0.25, 0.3) is 0 Å². The highest BCUT2D eigenvalue weighted by atomic mass is 16.6. The first-order valence-electron chi connectivity index (χ1n) is 9.61. The molecule has 31 heavy (non-hydrogen) atoms. The molecule has 2 rings (SSSR count). The van der Waals surface area contributed by atoms with Crippen LogP contribution in [0, 0.1) is 0 Å². The zero-order valence-corrected chi connectivity index (χ0v) is 18.0. The highest BCUT2D eigenvalue weighted by Crippen LogP contribution is 2.42. The average Bonchev–Trinajstić information content (AvgIpc) is 2.73. The number of rotatable bonds is 10. The normalized spacial score (nSPS) is 11.1. The molecule has 0 bridgehead atoms. The van der Waals surface area contributed by atoms with Gasteiger partial charge in [0.1, 0.15) is 19.0 Å². The average molecular weight is 426 g/mol. The molecule has 0 aliphatic heterocycles. The van der Waals surface area contributed by atoms with Gasteiger partial charge in [0, 0.05) is 14.2 Å². The van der Waals surface area contributed by atoms with E-state index in [4.69, 9.17) is 23.7 Å². The Morgan fingerprint density at radius 1 is 0.774 bits per heavy atom. The minimum absolute atomic E-state index is 0.0302. The number of carbonyl (C=O) groups is 2. The summed E-state index contributed by atoms with van der Waals surface area (Å²) in [5.41, 5.74) is 1.70. The number of carbonyl (C=O) groups excluding carboxylic acids is 2. The Balaban J connectivity index is 2.50. The molecule has 0 aliphatic rings. The fourth-order valence-electron chi connectivity index (χ4n) is 2.64. The molecule has 0 heterocycles. The first kappa shape index (κ1) is 23.9. The van der Waals surface area contributed by atoms with Crippen molar-refractivity contribution in [3.8, 4) is 23.0 Å². The van der Waals surface area contributed by atoms with Crippen LogP contribution >= 0.6 is 0 Å². The molecule has 0 saturated carbocycles. The van der Waals surface area contributed by atoms with Gasteiger partial charge >= 0.3 is 11.9 Å². The van der Waals surface area contributed by atoms with Gasteiger partial charge in [-0.3, -0.25) is 0 Å². The summed E-state index contributed by atoms with van der Waals surface area (Å²) in [5, 5.41) is 0. The largest absolute Gasteiger partial charge is 0.453 e. The van der Waals surface area contributed by atoms with Gasteiger partial charge in [0.2, 0.25) is 5.75 Å². The molecule has 164 valence electrons. The Morgan fingerprint density at radius 2 is 1.32 bits per heavy atom. The van der Waals surface area contributed by atoms with Crippen molar-refractivity contribution in [3.05, 3.63) is 59.7 Å². The van der Waals surface area contributed by atoms with Crippen LogP contribution in [-0.2, 0) is 19.1 Å². The monoisotopic (exact) mass is 426 g/mol. The Kier molecular flexibility index (Phi) is 9.48. The molecule has 0 aliphatic carbocycles. The van der Waals surface area contributed by atoms with Gasteiger partial charge < -0.3 is 23.7 Å². The van der Waals surface area contributed by atoms with E-state index in [-0.39, 0.29) is 30.5 Å². The van der Waals surface area contributed by atoms with Crippen LogP contribution in [0.3, 0.4) is 0 Å². The Labute approximate surface area is 181 Å². The quantitative estimate of drug-likeness (QED) is 0.404. The highest BCUT2D eigenvalue weighted by Gasteiger charge is 2.21. The molecule has 2 aromatic carbocycles. The van der Waals surface area contributed by atoms with E-state index in [0.29, 0.717) is 11.3 Å². The number of hydrogen-bond acceptors (Lipinski definition) is 7. The van der Waals surface area contributed by atoms with Gasteiger partial charge in [0.15, 0.2) is 11.5 Å². The molecule has 0 N–H and O–H groups in total. The molecule has 0 unspecified atom stereocenters. The van der Waals surface area contributed by atoms with Gasteiger partial charge in [-0.15, -0.1) is 0 Å². The van der Waals surface area contributed by atoms with E-state index in [1.807, 2.05) is 44.2 Å². The second-order valence-electron chi connectivity index (χ2n) is 6.33. The van der Waals surface area contributed by atoms with Crippen LogP contribution in [0.5, 0.6) is 23.0 Å². The zero-order valence-electron chi connectivity index (χ0n) is 18.0. The number of esters is 2. The molecule has 0 amide bonds. The summed E-state index contributed by atoms with van der Waals surface area (Å²) in [6.45, 7) is 3.25. The second kappa shape index (κ2) is 12.3. The maximum atomic E-state index is 12.1. The second-order valence-corrected chi connectivity index (χ2v) is 6.33. The van der Waals surface area contributed by atoms with Crippen molar-refractivity contribution in [2.24, 2.45) is 0 Å². The van der Waals surface area contributed by atoms with Gasteiger partial charge in [-0.2, -0.15) is 0 Å². The minimum atomic E-state index is -0.668. The minimum Gasteiger partial charge on any atom is -0.453 e. The number of hydrogen-bond donors (Lipinski definition) is 0. The van der Waals surface area contributed by atoms with Crippen molar-refractivity contribution >= 4 is 24.1 Å². The molecule has 2 aromatic rings. The van der Waals surface area contributed by atoms with E-state index in [2.05, 4.69) is 0 Å².